The smallest absolute Gasteiger partial charge is 0.338 e. The van der Waals surface area contributed by atoms with Crippen LogP contribution in [0.4, 0.5) is 5.69 Å². The van der Waals surface area contributed by atoms with Gasteiger partial charge in [-0.15, -0.1) is 11.8 Å². The van der Waals surface area contributed by atoms with Crippen molar-refractivity contribution in [3.05, 3.63) is 74.2 Å². The van der Waals surface area contributed by atoms with Gasteiger partial charge in [-0.3, -0.25) is 14.2 Å². The van der Waals surface area contributed by atoms with Crippen molar-refractivity contribution in [2.45, 2.75) is 31.3 Å². The summed E-state index contributed by atoms with van der Waals surface area (Å²) in [4.78, 5) is 38.4. The van der Waals surface area contributed by atoms with Crippen molar-refractivity contribution in [3.63, 3.8) is 0 Å². The number of fused-ring (bicyclic) bond motifs is 5. The average molecular weight is 497 g/mol. The van der Waals surface area contributed by atoms with Gasteiger partial charge in [-0.2, -0.15) is 0 Å². The highest BCUT2D eigenvalue weighted by molar-refractivity contribution is 7.99. The van der Waals surface area contributed by atoms with Gasteiger partial charge in [0.05, 0.1) is 23.8 Å². The number of anilines is 1. The summed E-state index contributed by atoms with van der Waals surface area (Å²) in [5.41, 5.74) is 1.94. The van der Waals surface area contributed by atoms with Crippen molar-refractivity contribution in [3.8, 4) is 5.75 Å². The van der Waals surface area contributed by atoms with Gasteiger partial charge in [0.25, 0.3) is 0 Å². The third-order valence-corrected chi connectivity index (χ3v) is 8.83. The van der Waals surface area contributed by atoms with Crippen LogP contribution in [0.25, 0.3) is 0 Å². The van der Waals surface area contributed by atoms with Gasteiger partial charge in [0.1, 0.15) is 12.3 Å². The number of thiazole rings is 1. The minimum absolute atomic E-state index is 0.0612. The fourth-order valence-electron chi connectivity index (χ4n) is 4.49. The van der Waals surface area contributed by atoms with Crippen LogP contribution in [0.2, 0.25) is 0 Å². The first-order chi connectivity index (χ1) is 16.4. The summed E-state index contributed by atoms with van der Waals surface area (Å²) >= 11 is 2.84. The standard InChI is InChI=1S/C25H24N2O5S2/c1-3-31-23(29)15-8-10-16(11-9-15)26-19(28)12-27-22-21(34-24(27)30)20-17-6-4-5-7-18(17)32-13-25(20,2)14-33-22/h4-11,20H,3,12-14H2,1-2H3,(H,26,28)/t20-,25+/m0/s1. The van der Waals surface area contributed by atoms with E-state index in [9.17, 15) is 14.4 Å². The molecule has 2 atom stereocenters. The summed E-state index contributed by atoms with van der Waals surface area (Å²) in [5, 5.41) is 3.68. The Morgan fingerprint density at radius 1 is 1.21 bits per heavy atom. The minimum Gasteiger partial charge on any atom is -0.493 e. The Kier molecular flexibility index (Phi) is 5.99. The molecule has 0 radical (unpaired) electrons. The first kappa shape index (κ1) is 22.7. The number of aromatic nitrogens is 1. The molecular formula is C25H24N2O5S2. The van der Waals surface area contributed by atoms with E-state index in [4.69, 9.17) is 9.47 Å². The maximum absolute atomic E-state index is 13.0. The van der Waals surface area contributed by atoms with E-state index in [0.717, 1.165) is 27.0 Å². The number of thioether (sulfide) groups is 1. The highest BCUT2D eigenvalue weighted by atomic mass is 32.2. The van der Waals surface area contributed by atoms with Crippen LogP contribution in [0, 0.1) is 5.41 Å². The Bertz CT molecular complexity index is 1310. The third-order valence-electron chi connectivity index (χ3n) is 6.14. The molecule has 5 rings (SSSR count). The lowest BCUT2D eigenvalue weighted by Crippen LogP contribution is -2.41. The molecule has 7 nitrogen and oxygen atoms in total. The largest absolute Gasteiger partial charge is 0.493 e. The highest BCUT2D eigenvalue weighted by Crippen LogP contribution is 2.56. The van der Waals surface area contributed by atoms with E-state index in [1.165, 1.54) is 11.3 Å². The number of nitrogens with one attached hydrogen (secondary N) is 1. The number of carbonyl (C=O) groups excluding carboxylic acids is 2. The molecule has 1 amide bonds. The number of esters is 1. The van der Waals surface area contributed by atoms with Gasteiger partial charge in [-0.25, -0.2) is 4.79 Å². The van der Waals surface area contributed by atoms with Crippen molar-refractivity contribution in [2.75, 3.05) is 24.3 Å². The fraction of sp³-hybridized carbons (Fsp3) is 0.320. The minimum atomic E-state index is -0.407. The lowest BCUT2D eigenvalue weighted by atomic mass is 9.72. The number of rotatable bonds is 5. The lowest BCUT2D eigenvalue weighted by Gasteiger charge is -2.44. The molecule has 0 saturated heterocycles. The molecular weight excluding hydrogens is 472 g/mol. The molecule has 0 unspecified atom stereocenters. The quantitative estimate of drug-likeness (QED) is 0.528. The SMILES string of the molecule is CCOC(=O)c1ccc(NC(=O)Cn2c3c(sc2=O)[C@@H]2c4ccccc4OC[C@]2(C)CS3)cc1. The number of hydrogen-bond donors (Lipinski definition) is 1. The van der Waals surface area contributed by atoms with Crippen LogP contribution in [-0.4, -0.2) is 35.4 Å². The van der Waals surface area contributed by atoms with Crippen LogP contribution in [0.1, 0.15) is 40.6 Å². The van der Waals surface area contributed by atoms with Gasteiger partial charge in [-0.05, 0) is 37.3 Å². The van der Waals surface area contributed by atoms with Crippen LogP contribution >= 0.6 is 23.1 Å². The Hall–Kier alpha value is -3.04. The molecule has 0 bridgehead atoms. The zero-order valence-electron chi connectivity index (χ0n) is 18.8. The zero-order valence-corrected chi connectivity index (χ0v) is 20.5. The van der Waals surface area contributed by atoms with E-state index in [2.05, 4.69) is 18.3 Å². The zero-order chi connectivity index (χ0) is 23.9. The Morgan fingerprint density at radius 2 is 1.97 bits per heavy atom. The van der Waals surface area contributed by atoms with E-state index in [-0.39, 0.29) is 28.7 Å². The van der Waals surface area contributed by atoms with E-state index in [1.807, 2.05) is 18.2 Å². The van der Waals surface area contributed by atoms with Gasteiger partial charge in [0, 0.05) is 33.2 Å². The molecule has 34 heavy (non-hydrogen) atoms. The van der Waals surface area contributed by atoms with Gasteiger partial charge in [0.2, 0.25) is 5.91 Å². The Morgan fingerprint density at radius 3 is 2.74 bits per heavy atom. The first-order valence-corrected chi connectivity index (χ1v) is 12.8. The summed E-state index contributed by atoms with van der Waals surface area (Å²) < 4.78 is 12.6. The predicted molar refractivity (Wildman–Crippen MR) is 132 cm³/mol. The molecule has 0 saturated carbocycles. The number of nitrogens with zero attached hydrogens (tertiary/aromatic N) is 1. The molecule has 176 valence electrons. The average Bonchev–Trinajstić information content (AvgIpc) is 3.13. The van der Waals surface area contributed by atoms with Gasteiger partial charge in [0.15, 0.2) is 0 Å². The van der Waals surface area contributed by atoms with Crippen molar-refractivity contribution in [1.29, 1.82) is 0 Å². The third kappa shape index (κ3) is 4.03. The van der Waals surface area contributed by atoms with Crippen LogP contribution in [0.15, 0.2) is 58.4 Å². The highest BCUT2D eigenvalue weighted by Gasteiger charge is 2.47. The number of para-hydroxylation sites is 1. The normalized spacial score (nSPS) is 20.4. The summed E-state index contributed by atoms with van der Waals surface area (Å²) in [6, 6.07) is 14.5. The topological polar surface area (TPSA) is 86.6 Å². The van der Waals surface area contributed by atoms with E-state index < -0.39 is 5.97 Å². The molecule has 0 fully saturated rings. The number of hydrogen-bond acceptors (Lipinski definition) is 7. The molecule has 3 aromatic rings. The summed E-state index contributed by atoms with van der Waals surface area (Å²) in [5.74, 6) is 1.01. The first-order valence-electron chi connectivity index (χ1n) is 11.0. The van der Waals surface area contributed by atoms with E-state index in [0.29, 0.717) is 24.5 Å². The van der Waals surface area contributed by atoms with Crippen molar-refractivity contribution >= 4 is 40.7 Å². The van der Waals surface area contributed by atoms with E-state index >= 15 is 0 Å². The molecule has 9 heteroatoms. The van der Waals surface area contributed by atoms with Crippen molar-refractivity contribution < 1.29 is 19.1 Å². The molecule has 1 aromatic heterocycles. The molecule has 2 aromatic carbocycles. The van der Waals surface area contributed by atoms with Crippen LogP contribution in [0.3, 0.4) is 0 Å². The van der Waals surface area contributed by atoms with Gasteiger partial charge in [-0.1, -0.05) is 36.5 Å². The number of ether oxygens (including phenoxy) is 2. The van der Waals surface area contributed by atoms with Crippen LogP contribution in [-0.2, 0) is 16.1 Å². The molecule has 2 aliphatic rings. The summed E-state index contributed by atoms with van der Waals surface area (Å²) in [6.07, 6.45) is 0. The van der Waals surface area contributed by atoms with Gasteiger partial charge >= 0.3 is 10.8 Å². The van der Waals surface area contributed by atoms with Crippen molar-refractivity contribution in [1.82, 2.24) is 4.57 Å². The summed E-state index contributed by atoms with van der Waals surface area (Å²) in [7, 11) is 0. The van der Waals surface area contributed by atoms with Crippen LogP contribution in [0.5, 0.6) is 5.75 Å². The van der Waals surface area contributed by atoms with Crippen molar-refractivity contribution in [2.24, 2.45) is 5.41 Å². The fourth-order valence-corrected chi connectivity index (χ4v) is 7.31. The van der Waals surface area contributed by atoms with Gasteiger partial charge < -0.3 is 14.8 Å². The van der Waals surface area contributed by atoms with E-state index in [1.54, 1.807) is 47.5 Å². The maximum Gasteiger partial charge on any atom is 0.338 e. The second-order valence-corrected chi connectivity index (χ2v) is 10.6. The molecule has 0 spiro atoms. The molecule has 0 aliphatic carbocycles. The molecule has 1 N–H and O–H groups in total. The number of benzene rings is 2. The monoisotopic (exact) mass is 496 g/mol. The number of carbonyl (C=O) groups is 2. The Labute approximate surface area is 205 Å². The molecule has 3 heterocycles. The second-order valence-electron chi connectivity index (χ2n) is 8.67. The summed E-state index contributed by atoms with van der Waals surface area (Å²) in [6.45, 7) is 4.77. The predicted octanol–water partition coefficient (Wildman–Crippen LogP) is 4.36. The maximum atomic E-state index is 13.0. The molecule has 2 aliphatic heterocycles. The second kappa shape index (κ2) is 8.96. The van der Waals surface area contributed by atoms with Crippen LogP contribution < -0.4 is 14.9 Å². The number of amides is 1. The lowest BCUT2D eigenvalue weighted by molar-refractivity contribution is -0.116. The Balaban J connectivity index is 1.38.